The number of carboxylic acid groups (broad SMARTS) is 1. The van der Waals surface area contributed by atoms with Crippen LogP contribution < -0.4 is 18.9 Å². The van der Waals surface area contributed by atoms with Crippen LogP contribution in [0.25, 0.3) is 0 Å². The molecule has 2 unspecified atom stereocenters. The third-order valence-electron chi connectivity index (χ3n) is 5.06. The molecule has 160 valence electrons. The van der Waals surface area contributed by atoms with E-state index in [9.17, 15) is 15.0 Å². The average Bonchev–Trinajstić information content (AvgIpc) is 3.26. The van der Waals surface area contributed by atoms with Gasteiger partial charge in [-0.15, -0.1) is 0 Å². The second-order valence-corrected chi connectivity index (χ2v) is 7.28. The zero-order valence-electron chi connectivity index (χ0n) is 16.9. The molecular formula is C24H22O7. The van der Waals surface area contributed by atoms with Gasteiger partial charge >= 0.3 is 5.97 Å². The third kappa shape index (κ3) is 4.41. The van der Waals surface area contributed by atoms with E-state index in [0.29, 0.717) is 29.4 Å². The van der Waals surface area contributed by atoms with Crippen molar-refractivity contribution in [1.29, 1.82) is 0 Å². The highest BCUT2D eigenvalue weighted by molar-refractivity contribution is 5.78. The number of aliphatic carboxylic acids is 1. The number of aliphatic hydroxyl groups is 1. The van der Waals surface area contributed by atoms with Crippen LogP contribution in [0.2, 0.25) is 0 Å². The number of carbonyl (C=O) groups is 1. The number of ether oxygens (including phenoxy) is 4. The summed E-state index contributed by atoms with van der Waals surface area (Å²) in [6.45, 7) is 1.82. The lowest BCUT2D eigenvalue weighted by molar-refractivity contribution is -0.164. The molecule has 0 spiro atoms. The van der Waals surface area contributed by atoms with Crippen LogP contribution in [0.4, 0.5) is 0 Å². The van der Waals surface area contributed by atoms with Gasteiger partial charge in [0.1, 0.15) is 24.2 Å². The van der Waals surface area contributed by atoms with E-state index < -0.39 is 17.7 Å². The van der Waals surface area contributed by atoms with E-state index >= 15 is 0 Å². The van der Waals surface area contributed by atoms with Crippen LogP contribution in [0, 0.1) is 0 Å². The molecule has 31 heavy (non-hydrogen) atoms. The lowest BCUT2D eigenvalue weighted by Gasteiger charge is -2.31. The van der Waals surface area contributed by atoms with Gasteiger partial charge in [-0.2, -0.15) is 0 Å². The Labute approximate surface area is 179 Å². The van der Waals surface area contributed by atoms with Crippen LogP contribution in [-0.2, 0) is 11.4 Å². The summed E-state index contributed by atoms with van der Waals surface area (Å²) in [4.78, 5) is 12.0. The fourth-order valence-corrected chi connectivity index (χ4v) is 3.21. The van der Waals surface area contributed by atoms with Gasteiger partial charge in [0.15, 0.2) is 11.5 Å². The number of fused-ring (bicyclic) bond motifs is 1. The first-order chi connectivity index (χ1) is 15.0. The number of rotatable bonds is 8. The Kier molecular flexibility index (Phi) is 5.68. The summed E-state index contributed by atoms with van der Waals surface area (Å²) in [5.74, 6) is 0.558. The van der Waals surface area contributed by atoms with Crippen LogP contribution in [0.15, 0.2) is 72.8 Å². The van der Waals surface area contributed by atoms with Crippen molar-refractivity contribution >= 4 is 5.97 Å². The van der Waals surface area contributed by atoms with E-state index in [4.69, 9.17) is 18.9 Å². The van der Waals surface area contributed by atoms with Crippen molar-refractivity contribution in [3.05, 3.63) is 83.9 Å². The van der Waals surface area contributed by atoms with Crippen LogP contribution >= 0.6 is 0 Å². The van der Waals surface area contributed by atoms with Gasteiger partial charge in [0.05, 0.1) is 0 Å². The molecule has 2 N–H and O–H groups in total. The van der Waals surface area contributed by atoms with Crippen molar-refractivity contribution < 1.29 is 34.0 Å². The van der Waals surface area contributed by atoms with E-state index in [1.165, 1.54) is 13.0 Å². The fourth-order valence-electron chi connectivity index (χ4n) is 3.21. The highest BCUT2D eigenvalue weighted by Crippen LogP contribution is 2.38. The molecule has 2 atom stereocenters. The van der Waals surface area contributed by atoms with E-state index in [1.807, 2.05) is 30.3 Å². The molecule has 0 bridgehead atoms. The highest BCUT2D eigenvalue weighted by Gasteiger charge is 2.44. The molecule has 1 aliphatic heterocycles. The first-order valence-corrected chi connectivity index (χ1v) is 9.72. The first-order valence-electron chi connectivity index (χ1n) is 9.72. The predicted octanol–water partition coefficient (Wildman–Crippen LogP) is 3.95. The molecule has 0 fully saturated rings. The topological polar surface area (TPSA) is 94.5 Å². The van der Waals surface area contributed by atoms with Crippen molar-refractivity contribution in [1.82, 2.24) is 0 Å². The minimum atomic E-state index is -1.93. The minimum Gasteiger partial charge on any atom is -0.489 e. The number of aliphatic hydroxyl groups excluding tert-OH is 1. The first kappa shape index (κ1) is 20.6. The molecule has 0 saturated heterocycles. The summed E-state index contributed by atoms with van der Waals surface area (Å²) in [5, 5.41) is 20.7. The Morgan fingerprint density at radius 3 is 2.39 bits per heavy atom. The van der Waals surface area contributed by atoms with Crippen LogP contribution in [-0.4, -0.2) is 28.6 Å². The summed E-state index contributed by atoms with van der Waals surface area (Å²) >= 11 is 0. The summed E-state index contributed by atoms with van der Waals surface area (Å²) in [6, 6.07) is 21.1. The van der Waals surface area contributed by atoms with Gasteiger partial charge in [-0.05, 0) is 42.3 Å². The summed E-state index contributed by atoms with van der Waals surface area (Å²) in [7, 11) is 0. The van der Waals surface area contributed by atoms with Gasteiger partial charge in [-0.1, -0.05) is 42.5 Å². The largest absolute Gasteiger partial charge is 0.489 e. The van der Waals surface area contributed by atoms with Crippen molar-refractivity contribution in [2.45, 2.75) is 25.2 Å². The van der Waals surface area contributed by atoms with Crippen molar-refractivity contribution in [3.8, 4) is 23.0 Å². The molecule has 0 amide bonds. The molecule has 1 heterocycles. The maximum atomic E-state index is 12.0. The Morgan fingerprint density at radius 1 is 1.00 bits per heavy atom. The molecule has 0 aromatic heterocycles. The molecule has 3 aromatic carbocycles. The number of hydrogen-bond donors (Lipinski definition) is 2. The normalized spacial score (nSPS) is 15.0. The number of carboxylic acids is 1. The second-order valence-electron chi connectivity index (χ2n) is 7.28. The molecule has 1 aliphatic rings. The summed E-state index contributed by atoms with van der Waals surface area (Å²) in [5.41, 5.74) is -0.514. The summed E-state index contributed by atoms with van der Waals surface area (Å²) < 4.78 is 22.0. The zero-order chi connectivity index (χ0) is 21.8. The van der Waals surface area contributed by atoms with Gasteiger partial charge < -0.3 is 29.2 Å². The van der Waals surface area contributed by atoms with E-state index in [1.54, 1.807) is 36.4 Å². The molecule has 0 radical (unpaired) electrons. The second kappa shape index (κ2) is 8.57. The zero-order valence-corrected chi connectivity index (χ0v) is 16.9. The van der Waals surface area contributed by atoms with Crippen LogP contribution in [0.3, 0.4) is 0 Å². The van der Waals surface area contributed by atoms with Gasteiger partial charge in [0.25, 0.3) is 0 Å². The Bertz CT molecular complexity index is 1050. The van der Waals surface area contributed by atoms with E-state index in [2.05, 4.69) is 0 Å². The molecule has 0 aliphatic carbocycles. The number of hydrogen-bond acceptors (Lipinski definition) is 6. The van der Waals surface area contributed by atoms with Crippen LogP contribution in [0.1, 0.15) is 24.2 Å². The lowest BCUT2D eigenvalue weighted by Crippen LogP contribution is -2.47. The van der Waals surface area contributed by atoms with Gasteiger partial charge in [0, 0.05) is 6.07 Å². The van der Waals surface area contributed by atoms with Gasteiger partial charge in [-0.3, -0.25) is 0 Å². The van der Waals surface area contributed by atoms with Gasteiger partial charge in [0.2, 0.25) is 12.4 Å². The van der Waals surface area contributed by atoms with Gasteiger partial charge in [-0.25, -0.2) is 4.79 Å². The Hall–Kier alpha value is -3.71. The predicted molar refractivity (Wildman–Crippen MR) is 111 cm³/mol. The number of benzene rings is 3. The Balaban J connectivity index is 1.48. The SMILES string of the molecule is CC(Oc1ccc2c(c1)OCO2)(C(=O)O)C(O)c1ccc(OCc2ccccc2)cc1. The molecule has 0 saturated carbocycles. The molecule has 3 aromatic rings. The monoisotopic (exact) mass is 422 g/mol. The molecular weight excluding hydrogens is 400 g/mol. The quantitative estimate of drug-likeness (QED) is 0.568. The van der Waals surface area contributed by atoms with E-state index in [-0.39, 0.29) is 12.5 Å². The summed E-state index contributed by atoms with van der Waals surface area (Å²) in [6.07, 6.45) is -1.43. The minimum absolute atomic E-state index is 0.0936. The maximum absolute atomic E-state index is 12.0. The fraction of sp³-hybridized carbons (Fsp3) is 0.208. The smallest absolute Gasteiger partial charge is 0.350 e. The standard InChI is InChI=1S/C24H22O7/c1-24(23(26)27,31-19-11-12-20-21(13-19)30-15-29-20)22(25)17-7-9-18(10-8-17)28-14-16-5-3-2-4-6-16/h2-13,22,25H,14-15H2,1H3,(H,26,27). The van der Waals surface area contributed by atoms with Crippen molar-refractivity contribution in [2.75, 3.05) is 6.79 Å². The molecule has 7 nitrogen and oxygen atoms in total. The van der Waals surface area contributed by atoms with E-state index in [0.717, 1.165) is 5.56 Å². The highest BCUT2D eigenvalue weighted by atomic mass is 16.7. The average molecular weight is 422 g/mol. The Morgan fingerprint density at radius 2 is 1.68 bits per heavy atom. The lowest BCUT2D eigenvalue weighted by atomic mass is 9.92. The molecule has 4 rings (SSSR count). The van der Waals surface area contributed by atoms with Crippen molar-refractivity contribution in [3.63, 3.8) is 0 Å². The maximum Gasteiger partial charge on any atom is 0.350 e. The van der Waals surface area contributed by atoms with Crippen LogP contribution in [0.5, 0.6) is 23.0 Å². The van der Waals surface area contributed by atoms with Crippen molar-refractivity contribution in [2.24, 2.45) is 0 Å². The third-order valence-corrected chi connectivity index (χ3v) is 5.06. The molecule has 7 heteroatoms.